The van der Waals surface area contributed by atoms with Gasteiger partial charge in [0.2, 0.25) is 0 Å². The molecule has 1 atom stereocenters. The Bertz CT molecular complexity index is 549. The van der Waals surface area contributed by atoms with E-state index in [0.29, 0.717) is 18.1 Å². The molecular weight excluding hydrogens is 272 g/mol. The molecule has 20 heavy (non-hydrogen) atoms. The fraction of sp³-hybridized carbons (Fsp3) is 0.235. The van der Waals surface area contributed by atoms with Gasteiger partial charge in [-0.15, -0.1) is 11.6 Å². The molecule has 0 saturated carbocycles. The van der Waals surface area contributed by atoms with E-state index in [1.807, 2.05) is 37.3 Å². The second kappa shape index (κ2) is 7.11. The van der Waals surface area contributed by atoms with Crippen molar-refractivity contribution in [3.63, 3.8) is 0 Å². The van der Waals surface area contributed by atoms with Crippen LogP contribution < -0.4 is 4.74 Å². The molecular formula is C17H17ClO2. The molecule has 0 heterocycles. The van der Waals surface area contributed by atoms with E-state index in [9.17, 15) is 4.79 Å². The van der Waals surface area contributed by atoms with Gasteiger partial charge in [0.05, 0.1) is 5.88 Å². The Balaban J connectivity index is 2.09. The van der Waals surface area contributed by atoms with Gasteiger partial charge in [-0.2, -0.15) is 0 Å². The first-order valence-electron chi connectivity index (χ1n) is 6.60. The lowest BCUT2D eigenvalue weighted by molar-refractivity contribution is 0.0966. The maximum atomic E-state index is 12.4. The fourth-order valence-electron chi connectivity index (χ4n) is 2.01. The summed E-state index contributed by atoms with van der Waals surface area (Å²) < 4.78 is 5.39. The lowest BCUT2D eigenvalue weighted by Gasteiger charge is -2.11. The molecule has 2 aromatic rings. The molecule has 0 amide bonds. The zero-order chi connectivity index (χ0) is 14.4. The topological polar surface area (TPSA) is 26.3 Å². The molecule has 0 unspecified atom stereocenters. The largest absolute Gasteiger partial charge is 0.492 e. The van der Waals surface area contributed by atoms with Gasteiger partial charge in [0, 0.05) is 11.5 Å². The highest BCUT2D eigenvalue weighted by Crippen LogP contribution is 2.21. The van der Waals surface area contributed by atoms with E-state index >= 15 is 0 Å². The van der Waals surface area contributed by atoms with Crippen LogP contribution in [0.4, 0.5) is 0 Å². The molecule has 0 aromatic heterocycles. The summed E-state index contributed by atoms with van der Waals surface area (Å²) in [6.07, 6.45) is 0. The van der Waals surface area contributed by atoms with Crippen LogP contribution in [-0.2, 0) is 0 Å². The molecule has 2 aromatic carbocycles. The van der Waals surface area contributed by atoms with Crippen LogP contribution in [0.15, 0.2) is 54.6 Å². The van der Waals surface area contributed by atoms with Crippen LogP contribution in [0.25, 0.3) is 0 Å². The Labute approximate surface area is 124 Å². The summed E-state index contributed by atoms with van der Waals surface area (Å²) in [7, 11) is 0. The van der Waals surface area contributed by atoms with Crippen molar-refractivity contribution in [3.8, 4) is 5.75 Å². The molecule has 3 heteroatoms. The third kappa shape index (κ3) is 3.61. The second-order valence-electron chi connectivity index (χ2n) is 4.56. The highest BCUT2D eigenvalue weighted by molar-refractivity contribution is 6.18. The number of rotatable bonds is 6. The predicted octanol–water partition coefficient (Wildman–Crippen LogP) is 4.29. The number of carbonyl (C=O) groups excluding carboxylic acids is 1. The molecule has 0 fully saturated rings. The molecule has 0 aliphatic rings. The van der Waals surface area contributed by atoms with Crippen molar-refractivity contribution in [2.24, 2.45) is 0 Å². The van der Waals surface area contributed by atoms with Gasteiger partial charge in [0.25, 0.3) is 0 Å². The Kier molecular flexibility index (Phi) is 5.19. The zero-order valence-corrected chi connectivity index (χ0v) is 12.1. The Hall–Kier alpha value is -1.80. The van der Waals surface area contributed by atoms with Crippen LogP contribution >= 0.6 is 11.6 Å². The Morgan fingerprint density at radius 3 is 2.35 bits per heavy atom. The maximum Gasteiger partial charge on any atom is 0.170 e. The molecule has 0 spiro atoms. The van der Waals surface area contributed by atoms with Crippen molar-refractivity contribution < 1.29 is 9.53 Å². The number of Topliss-reactive ketones (excluding diaryl/α,β-unsaturated/α-hetero) is 1. The van der Waals surface area contributed by atoms with Gasteiger partial charge in [0.1, 0.15) is 12.4 Å². The number of hydrogen-bond acceptors (Lipinski definition) is 2. The smallest absolute Gasteiger partial charge is 0.170 e. The molecule has 0 bridgehead atoms. The molecule has 2 nitrogen and oxygen atoms in total. The van der Waals surface area contributed by atoms with Gasteiger partial charge < -0.3 is 4.74 Å². The average molecular weight is 289 g/mol. The van der Waals surface area contributed by atoms with Crippen molar-refractivity contribution >= 4 is 17.4 Å². The number of alkyl halides is 1. The minimum Gasteiger partial charge on any atom is -0.492 e. The van der Waals surface area contributed by atoms with Crippen molar-refractivity contribution in [3.05, 3.63) is 65.7 Å². The van der Waals surface area contributed by atoms with E-state index in [2.05, 4.69) is 0 Å². The highest BCUT2D eigenvalue weighted by atomic mass is 35.5. The van der Waals surface area contributed by atoms with E-state index in [4.69, 9.17) is 16.3 Å². The predicted molar refractivity (Wildman–Crippen MR) is 81.8 cm³/mol. The van der Waals surface area contributed by atoms with Crippen LogP contribution in [0, 0.1) is 0 Å². The summed E-state index contributed by atoms with van der Waals surface area (Å²) in [5.74, 6) is 1.14. The normalized spacial score (nSPS) is 11.9. The minimum atomic E-state index is -0.147. The van der Waals surface area contributed by atoms with E-state index < -0.39 is 0 Å². The minimum absolute atomic E-state index is 0.111. The second-order valence-corrected chi connectivity index (χ2v) is 4.94. The number of ether oxygens (including phenoxy) is 1. The third-order valence-electron chi connectivity index (χ3n) is 3.18. The van der Waals surface area contributed by atoms with E-state index in [-0.39, 0.29) is 11.7 Å². The molecule has 0 radical (unpaired) electrons. The lowest BCUT2D eigenvalue weighted by Crippen LogP contribution is -2.09. The first kappa shape index (κ1) is 14.6. The number of carbonyl (C=O) groups is 1. The van der Waals surface area contributed by atoms with Crippen LogP contribution in [0.5, 0.6) is 5.75 Å². The first-order valence-corrected chi connectivity index (χ1v) is 7.14. The first-order chi connectivity index (χ1) is 9.72. The third-order valence-corrected chi connectivity index (χ3v) is 3.33. The van der Waals surface area contributed by atoms with E-state index in [0.717, 1.165) is 11.3 Å². The maximum absolute atomic E-state index is 12.4. The van der Waals surface area contributed by atoms with Crippen molar-refractivity contribution in [1.29, 1.82) is 0 Å². The molecule has 2 rings (SSSR count). The Morgan fingerprint density at radius 2 is 1.75 bits per heavy atom. The van der Waals surface area contributed by atoms with Crippen LogP contribution in [0.2, 0.25) is 0 Å². The monoisotopic (exact) mass is 288 g/mol. The summed E-state index contributed by atoms with van der Waals surface area (Å²) in [6, 6.07) is 17.0. The zero-order valence-electron chi connectivity index (χ0n) is 11.4. The molecule has 0 aliphatic carbocycles. The number of halogens is 1. The average Bonchev–Trinajstić information content (AvgIpc) is 2.53. The van der Waals surface area contributed by atoms with E-state index in [1.54, 1.807) is 24.3 Å². The van der Waals surface area contributed by atoms with Crippen LogP contribution in [0.1, 0.15) is 28.8 Å². The summed E-state index contributed by atoms with van der Waals surface area (Å²) in [6.45, 7) is 2.39. The Morgan fingerprint density at radius 1 is 1.10 bits per heavy atom. The van der Waals surface area contributed by atoms with Gasteiger partial charge in [-0.25, -0.2) is 0 Å². The number of hydrogen-bond donors (Lipinski definition) is 0. The quantitative estimate of drug-likeness (QED) is 0.585. The molecule has 0 aliphatic heterocycles. The number of benzene rings is 2. The van der Waals surface area contributed by atoms with Crippen LogP contribution in [0.3, 0.4) is 0 Å². The van der Waals surface area contributed by atoms with Gasteiger partial charge in [-0.3, -0.25) is 4.79 Å². The van der Waals surface area contributed by atoms with Gasteiger partial charge >= 0.3 is 0 Å². The molecule has 104 valence electrons. The highest BCUT2D eigenvalue weighted by Gasteiger charge is 2.16. The van der Waals surface area contributed by atoms with Gasteiger partial charge in [-0.1, -0.05) is 37.3 Å². The van der Waals surface area contributed by atoms with Gasteiger partial charge in [-0.05, 0) is 29.8 Å². The SMILES string of the molecule is C[C@H](C(=O)c1ccc(OCCCl)cc1)c1ccccc1. The number of ketones is 1. The van der Waals surface area contributed by atoms with Crippen molar-refractivity contribution in [1.82, 2.24) is 0 Å². The molecule has 0 saturated heterocycles. The summed E-state index contributed by atoms with van der Waals surface area (Å²) in [5, 5.41) is 0. The van der Waals surface area contributed by atoms with E-state index in [1.165, 1.54) is 0 Å². The lowest BCUT2D eigenvalue weighted by atomic mass is 9.92. The molecule has 0 N–H and O–H groups in total. The van der Waals surface area contributed by atoms with Crippen LogP contribution in [-0.4, -0.2) is 18.3 Å². The summed E-state index contributed by atoms with van der Waals surface area (Å²) in [5.41, 5.74) is 1.72. The standard InChI is InChI=1S/C17H17ClO2/c1-13(14-5-3-2-4-6-14)17(19)15-7-9-16(10-8-15)20-12-11-18/h2-10,13H,11-12H2,1H3/t13-/m0/s1. The van der Waals surface area contributed by atoms with Gasteiger partial charge in [0.15, 0.2) is 5.78 Å². The summed E-state index contributed by atoms with van der Waals surface area (Å²) >= 11 is 5.56. The fourth-order valence-corrected chi connectivity index (χ4v) is 2.09. The summed E-state index contributed by atoms with van der Waals surface area (Å²) in [4.78, 5) is 12.4. The van der Waals surface area contributed by atoms with Crippen molar-refractivity contribution in [2.45, 2.75) is 12.8 Å². The van der Waals surface area contributed by atoms with Crippen molar-refractivity contribution in [2.75, 3.05) is 12.5 Å².